The van der Waals surface area contributed by atoms with Crippen LogP contribution in [-0.4, -0.2) is 13.2 Å². The Kier molecular flexibility index (Phi) is 13.2. The second-order valence-electron chi connectivity index (χ2n) is 6.58. The Morgan fingerprint density at radius 1 is 0.762 bits per heavy atom. The molecular formula is C16H34ClO3P. The first-order valence-electron chi connectivity index (χ1n) is 8.42. The van der Waals surface area contributed by atoms with Gasteiger partial charge in [-0.15, -0.1) is 0 Å². The number of hydrogen-bond acceptors (Lipinski definition) is 3. The Bertz CT molecular complexity index is 259. The van der Waals surface area contributed by atoms with Crippen LogP contribution in [0.2, 0.25) is 0 Å². The maximum atomic E-state index is 11.8. The molecule has 128 valence electrons. The fourth-order valence-electron chi connectivity index (χ4n) is 2.05. The molecule has 0 aromatic rings. The normalized spacial score (nSPS) is 12.5. The van der Waals surface area contributed by atoms with E-state index in [1.54, 1.807) is 0 Å². The summed E-state index contributed by atoms with van der Waals surface area (Å²) in [5, 5.41) is 0. The van der Waals surface area contributed by atoms with Crippen molar-refractivity contribution >= 4 is 18.2 Å². The predicted molar refractivity (Wildman–Crippen MR) is 92.0 cm³/mol. The molecular weight excluding hydrogens is 307 g/mol. The summed E-state index contributed by atoms with van der Waals surface area (Å²) in [4.78, 5) is 0. The zero-order valence-corrected chi connectivity index (χ0v) is 15.9. The average molecular weight is 341 g/mol. The number of hydrogen-bond donors (Lipinski definition) is 0. The van der Waals surface area contributed by atoms with Gasteiger partial charge < -0.3 is 0 Å². The monoisotopic (exact) mass is 340 g/mol. The molecule has 0 bridgehead atoms. The van der Waals surface area contributed by atoms with Crippen molar-refractivity contribution in [1.82, 2.24) is 0 Å². The fraction of sp³-hybridized carbons (Fsp3) is 1.00. The van der Waals surface area contributed by atoms with Crippen LogP contribution in [0.15, 0.2) is 0 Å². The Hall–Kier alpha value is 0.440. The van der Waals surface area contributed by atoms with Crippen molar-refractivity contribution in [2.45, 2.75) is 79.1 Å². The van der Waals surface area contributed by atoms with Crippen LogP contribution in [0.4, 0.5) is 0 Å². The molecule has 0 fully saturated rings. The highest BCUT2D eigenvalue weighted by Gasteiger charge is 2.19. The molecule has 0 amide bonds. The van der Waals surface area contributed by atoms with Gasteiger partial charge in [0, 0.05) is 11.2 Å². The number of unbranched alkanes of at least 4 members (excludes halogenated alkanes) is 4. The highest BCUT2D eigenvalue weighted by Crippen LogP contribution is 2.53. The molecule has 0 aromatic heterocycles. The Morgan fingerprint density at radius 2 is 1.14 bits per heavy atom. The van der Waals surface area contributed by atoms with Gasteiger partial charge in [-0.3, -0.25) is 9.05 Å². The van der Waals surface area contributed by atoms with E-state index < -0.39 is 6.95 Å². The van der Waals surface area contributed by atoms with E-state index in [1.807, 2.05) is 0 Å². The van der Waals surface area contributed by atoms with Gasteiger partial charge in [0.1, 0.15) is 0 Å². The summed E-state index contributed by atoms with van der Waals surface area (Å²) in [5.74, 6) is 1.48. The van der Waals surface area contributed by atoms with Gasteiger partial charge in [-0.2, -0.15) is 0 Å². The maximum Gasteiger partial charge on any atom is 0.424 e. The first-order chi connectivity index (χ1) is 9.83. The van der Waals surface area contributed by atoms with Crippen LogP contribution >= 0.6 is 18.2 Å². The summed E-state index contributed by atoms with van der Waals surface area (Å²) in [5.41, 5.74) is 0. The topological polar surface area (TPSA) is 35.5 Å². The second kappa shape index (κ2) is 12.9. The van der Waals surface area contributed by atoms with E-state index in [0.29, 0.717) is 13.2 Å². The Balaban J connectivity index is 3.45. The van der Waals surface area contributed by atoms with Crippen LogP contribution in [0, 0.1) is 11.8 Å². The summed E-state index contributed by atoms with van der Waals surface area (Å²) >= 11 is 5.77. The minimum atomic E-state index is -3.36. The molecule has 3 nitrogen and oxygen atoms in total. The van der Waals surface area contributed by atoms with Crippen molar-refractivity contribution in [3.05, 3.63) is 0 Å². The van der Waals surface area contributed by atoms with Gasteiger partial charge in [0.05, 0.1) is 13.2 Å². The molecule has 0 spiro atoms. The fourth-order valence-corrected chi connectivity index (χ4v) is 3.23. The van der Waals surface area contributed by atoms with Crippen LogP contribution in [0.1, 0.15) is 79.1 Å². The lowest BCUT2D eigenvalue weighted by Gasteiger charge is -2.12. The second-order valence-corrected chi connectivity index (χ2v) is 9.20. The van der Waals surface area contributed by atoms with Crippen molar-refractivity contribution in [1.29, 1.82) is 0 Å². The molecule has 0 radical (unpaired) electrons. The first kappa shape index (κ1) is 21.4. The van der Waals surface area contributed by atoms with Gasteiger partial charge in [-0.25, -0.2) is 4.57 Å². The molecule has 0 heterocycles. The summed E-state index contributed by atoms with van der Waals surface area (Å²) in [6.45, 7) is 6.37. The van der Waals surface area contributed by atoms with Crippen LogP contribution in [0.3, 0.4) is 0 Å². The molecule has 0 aliphatic carbocycles. The van der Waals surface area contributed by atoms with Crippen molar-refractivity contribution < 1.29 is 13.6 Å². The van der Waals surface area contributed by atoms with Crippen LogP contribution in [0.25, 0.3) is 0 Å². The minimum absolute atomic E-state index is 0.423. The summed E-state index contributed by atoms with van der Waals surface area (Å²) in [6.07, 6.45) is 8.78. The summed E-state index contributed by atoms with van der Waals surface area (Å²) < 4.78 is 22.2. The third-order valence-corrected chi connectivity index (χ3v) is 4.91. The van der Waals surface area contributed by atoms with Gasteiger partial charge >= 0.3 is 6.95 Å². The standard InChI is InChI=1S/C16H34ClO3P/c1-15(2)11-7-5-9-13-19-21(17,18)20-14-10-6-8-12-16(3)4/h15-16H,5-14H2,1-4H3. The first-order valence-corrected chi connectivity index (χ1v) is 10.9. The SMILES string of the molecule is CC(C)CCCCCOP(=O)(Cl)OCCCCCC(C)C. The average Bonchev–Trinajstić information content (AvgIpc) is 2.37. The van der Waals surface area contributed by atoms with Crippen molar-refractivity contribution in [2.75, 3.05) is 13.2 Å². The quantitative estimate of drug-likeness (QED) is 0.257. The lowest BCUT2D eigenvalue weighted by molar-refractivity contribution is 0.210. The molecule has 0 aliphatic rings. The predicted octanol–water partition coefficient (Wildman–Crippen LogP) is 6.80. The third kappa shape index (κ3) is 16.6. The van der Waals surface area contributed by atoms with E-state index in [1.165, 1.54) is 25.7 Å². The summed E-state index contributed by atoms with van der Waals surface area (Å²) in [6, 6.07) is 0. The van der Waals surface area contributed by atoms with E-state index in [0.717, 1.165) is 37.5 Å². The lowest BCUT2D eigenvalue weighted by Crippen LogP contribution is -1.97. The molecule has 0 unspecified atom stereocenters. The minimum Gasteiger partial charge on any atom is -0.297 e. The Labute approximate surface area is 136 Å². The molecule has 0 aromatic carbocycles. The largest absolute Gasteiger partial charge is 0.424 e. The third-order valence-electron chi connectivity index (χ3n) is 3.34. The smallest absolute Gasteiger partial charge is 0.297 e. The zero-order chi connectivity index (χ0) is 16.1. The van der Waals surface area contributed by atoms with Gasteiger partial charge in [0.2, 0.25) is 0 Å². The van der Waals surface area contributed by atoms with Crippen LogP contribution in [-0.2, 0) is 13.6 Å². The van der Waals surface area contributed by atoms with E-state index in [2.05, 4.69) is 27.7 Å². The highest BCUT2D eigenvalue weighted by atomic mass is 35.7. The van der Waals surface area contributed by atoms with Crippen LogP contribution < -0.4 is 0 Å². The Morgan fingerprint density at radius 3 is 1.48 bits per heavy atom. The maximum absolute atomic E-state index is 11.8. The van der Waals surface area contributed by atoms with E-state index in [-0.39, 0.29) is 0 Å². The van der Waals surface area contributed by atoms with Gasteiger partial charge in [0.15, 0.2) is 0 Å². The highest BCUT2D eigenvalue weighted by molar-refractivity contribution is 7.81. The summed E-state index contributed by atoms with van der Waals surface area (Å²) in [7, 11) is 0. The lowest BCUT2D eigenvalue weighted by atomic mass is 10.1. The van der Waals surface area contributed by atoms with Crippen molar-refractivity contribution in [3.63, 3.8) is 0 Å². The van der Waals surface area contributed by atoms with Crippen LogP contribution in [0.5, 0.6) is 0 Å². The van der Waals surface area contributed by atoms with Crippen molar-refractivity contribution in [3.8, 4) is 0 Å². The molecule has 0 atom stereocenters. The van der Waals surface area contributed by atoms with E-state index in [9.17, 15) is 4.57 Å². The zero-order valence-electron chi connectivity index (χ0n) is 14.3. The van der Waals surface area contributed by atoms with Gasteiger partial charge in [-0.1, -0.05) is 66.2 Å². The van der Waals surface area contributed by atoms with Gasteiger partial charge in [-0.05, 0) is 24.7 Å². The van der Waals surface area contributed by atoms with Gasteiger partial charge in [0.25, 0.3) is 0 Å². The number of halogens is 1. The molecule has 0 saturated heterocycles. The number of rotatable bonds is 14. The van der Waals surface area contributed by atoms with E-state index >= 15 is 0 Å². The van der Waals surface area contributed by atoms with Crippen molar-refractivity contribution in [2.24, 2.45) is 11.8 Å². The molecule has 0 rings (SSSR count). The molecule has 0 saturated carbocycles. The molecule has 5 heteroatoms. The molecule has 0 aliphatic heterocycles. The molecule has 0 N–H and O–H groups in total. The van der Waals surface area contributed by atoms with E-state index in [4.69, 9.17) is 20.3 Å². The molecule has 21 heavy (non-hydrogen) atoms.